The molecule has 2 heterocycles. The number of hydrogen-bond donors (Lipinski definition) is 1. The minimum atomic E-state index is 0.975. The van der Waals surface area contributed by atoms with Gasteiger partial charge >= 0.3 is 0 Å². The van der Waals surface area contributed by atoms with Crippen LogP contribution in [0, 0.1) is 5.41 Å². The van der Waals surface area contributed by atoms with E-state index in [4.69, 9.17) is 5.41 Å². The molecule has 2 aromatic heterocycles. The van der Waals surface area contributed by atoms with Crippen molar-refractivity contribution in [1.29, 1.82) is 5.41 Å². The van der Waals surface area contributed by atoms with E-state index in [-0.39, 0.29) is 0 Å². The molecule has 5 nitrogen and oxygen atoms in total. The lowest BCUT2D eigenvalue weighted by atomic mass is 10.4. The van der Waals surface area contributed by atoms with Crippen molar-refractivity contribution in [3.63, 3.8) is 0 Å². The summed E-state index contributed by atoms with van der Waals surface area (Å²) in [6.45, 7) is 0. The van der Waals surface area contributed by atoms with E-state index < -0.39 is 0 Å². The molecule has 0 fully saturated rings. The van der Waals surface area contributed by atoms with Crippen LogP contribution in [0.2, 0.25) is 0 Å². The van der Waals surface area contributed by atoms with E-state index in [1.165, 1.54) is 6.34 Å². The maximum atomic E-state index is 7.00. The van der Waals surface area contributed by atoms with Crippen LogP contribution >= 0.6 is 0 Å². The zero-order valence-electron chi connectivity index (χ0n) is 6.83. The van der Waals surface area contributed by atoms with Gasteiger partial charge in [-0.15, -0.1) is 15.6 Å². The van der Waals surface area contributed by atoms with Crippen LogP contribution in [0.4, 0.5) is 0 Å². The Morgan fingerprint density at radius 2 is 1.85 bits per heavy atom. The molecule has 2 rings (SSSR count). The van der Waals surface area contributed by atoms with Gasteiger partial charge < -0.3 is 0 Å². The van der Waals surface area contributed by atoms with Crippen molar-refractivity contribution in [2.24, 2.45) is 0 Å². The maximum Gasteiger partial charge on any atom is 0.281 e. The first kappa shape index (κ1) is 7.60. The molecule has 2 aromatic rings. The minimum Gasteiger partial charge on any atom is -0.288 e. The molecular weight excluding hydrogens is 166 g/mol. The summed E-state index contributed by atoms with van der Waals surface area (Å²) in [5, 5.41) is 14.4. The van der Waals surface area contributed by atoms with Crippen molar-refractivity contribution >= 4 is 6.34 Å². The van der Waals surface area contributed by atoms with Gasteiger partial charge in [0.2, 0.25) is 0 Å². The van der Waals surface area contributed by atoms with Crippen LogP contribution in [0.5, 0.6) is 0 Å². The van der Waals surface area contributed by atoms with E-state index in [2.05, 4.69) is 10.2 Å². The van der Waals surface area contributed by atoms with Crippen LogP contribution in [-0.2, 0) is 0 Å². The summed E-state index contributed by atoms with van der Waals surface area (Å²) in [7, 11) is 0. The number of nitrogens with one attached hydrogen (secondary N) is 1. The quantitative estimate of drug-likeness (QED) is 0.396. The first-order chi connectivity index (χ1) is 6.40. The second-order valence-electron chi connectivity index (χ2n) is 2.50. The molecule has 1 N–H and O–H groups in total. The van der Waals surface area contributed by atoms with Gasteiger partial charge in [-0.1, -0.05) is 0 Å². The first-order valence-electron chi connectivity index (χ1n) is 3.76. The van der Waals surface area contributed by atoms with Gasteiger partial charge in [0.1, 0.15) is 12.7 Å². The van der Waals surface area contributed by atoms with Crippen molar-refractivity contribution in [2.45, 2.75) is 0 Å². The van der Waals surface area contributed by atoms with E-state index in [0.29, 0.717) is 0 Å². The molecule has 0 amide bonds. The van der Waals surface area contributed by atoms with Crippen LogP contribution < -0.4 is 4.57 Å². The number of nitrogens with zero attached hydrogens (tertiary/aromatic N) is 4. The molecule has 0 saturated heterocycles. The Balaban J connectivity index is 2.38. The molecule has 0 aliphatic heterocycles. The van der Waals surface area contributed by atoms with Gasteiger partial charge in [0.05, 0.1) is 18.1 Å². The average Bonchev–Trinajstić information content (AvgIpc) is 2.71. The Kier molecular flexibility index (Phi) is 1.84. The van der Waals surface area contributed by atoms with Gasteiger partial charge in [-0.2, -0.15) is 0 Å². The van der Waals surface area contributed by atoms with Crippen molar-refractivity contribution in [2.75, 3.05) is 0 Å². The topological polar surface area (TPSA) is 58.4 Å². The maximum absolute atomic E-state index is 7.00. The summed E-state index contributed by atoms with van der Waals surface area (Å²) in [6, 6.07) is 3.77. The van der Waals surface area contributed by atoms with Crippen molar-refractivity contribution in [3.8, 4) is 5.69 Å². The number of hydrogen-bond acceptors (Lipinski definition) is 3. The van der Waals surface area contributed by atoms with Gasteiger partial charge in [0, 0.05) is 12.1 Å². The highest BCUT2D eigenvalue weighted by Gasteiger charge is 1.96. The fraction of sp³-hybridized carbons (Fsp3) is 0. The molecule has 0 bridgehead atoms. The molecule has 5 heteroatoms. The molecule has 0 saturated carbocycles. The fourth-order valence-corrected chi connectivity index (χ4v) is 1.02. The van der Waals surface area contributed by atoms with Gasteiger partial charge in [-0.25, -0.2) is 4.57 Å². The second kappa shape index (κ2) is 3.14. The Morgan fingerprint density at radius 1 is 1.23 bits per heavy atom. The SMILES string of the molecule is N=C[n+]1ccc(-n2cnnc2)cc1. The van der Waals surface area contributed by atoms with E-state index in [0.717, 1.165) is 5.69 Å². The van der Waals surface area contributed by atoms with E-state index in [1.807, 2.05) is 12.1 Å². The summed E-state index contributed by atoms with van der Waals surface area (Å²) in [5.41, 5.74) is 0.975. The molecular formula is C8H8N5+. The third kappa shape index (κ3) is 1.44. The summed E-state index contributed by atoms with van der Waals surface area (Å²) in [4.78, 5) is 0. The van der Waals surface area contributed by atoms with Gasteiger partial charge in [0.15, 0.2) is 0 Å². The molecule has 0 aliphatic rings. The van der Waals surface area contributed by atoms with Crippen LogP contribution in [-0.4, -0.2) is 21.1 Å². The molecule has 0 unspecified atom stereocenters. The number of pyridine rings is 1. The van der Waals surface area contributed by atoms with Gasteiger partial charge in [-0.3, -0.25) is 4.57 Å². The Morgan fingerprint density at radius 3 is 2.38 bits per heavy atom. The molecule has 0 aromatic carbocycles. The molecule has 13 heavy (non-hydrogen) atoms. The van der Waals surface area contributed by atoms with Crippen molar-refractivity contribution in [3.05, 3.63) is 37.2 Å². The third-order valence-electron chi connectivity index (χ3n) is 1.70. The average molecular weight is 174 g/mol. The lowest BCUT2D eigenvalue weighted by Gasteiger charge is -1.98. The molecule has 0 spiro atoms. The van der Waals surface area contributed by atoms with Crippen LogP contribution in [0.25, 0.3) is 5.69 Å². The zero-order valence-corrected chi connectivity index (χ0v) is 6.83. The molecule has 0 radical (unpaired) electrons. The second-order valence-corrected chi connectivity index (χ2v) is 2.50. The number of aromatic nitrogens is 4. The first-order valence-corrected chi connectivity index (χ1v) is 3.76. The summed E-state index contributed by atoms with van der Waals surface area (Å²) in [6.07, 6.45) is 8.08. The predicted molar refractivity (Wildman–Crippen MR) is 45.7 cm³/mol. The Hall–Kier alpha value is -2.04. The standard InChI is InChI=1S/C8H8N5/c9-5-12-3-1-8(2-4-12)13-6-10-11-7-13/h1-7,9H/q+1. The molecule has 64 valence electrons. The monoisotopic (exact) mass is 174 g/mol. The van der Waals surface area contributed by atoms with Gasteiger partial charge in [-0.05, 0) is 0 Å². The number of rotatable bonds is 2. The molecule has 0 aliphatic carbocycles. The van der Waals surface area contributed by atoms with E-state index in [1.54, 1.807) is 34.2 Å². The third-order valence-corrected chi connectivity index (χ3v) is 1.70. The van der Waals surface area contributed by atoms with E-state index in [9.17, 15) is 0 Å². The minimum absolute atomic E-state index is 0.975. The highest BCUT2D eigenvalue weighted by atomic mass is 15.2. The Bertz CT molecular complexity index is 389. The highest BCUT2D eigenvalue weighted by Crippen LogP contribution is 2.00. The Labute approximate surface area is 74.8 Å². The van der Waals surface area contributed by atoms with Crippen LogP contribution in [0.3, 0.4) is 0 Å². The predicted octanol–water partition coefficient (Wildman–Crippen LogP) is 0.00997. The molecule has 0 atom stereocenters. The van der Waals surface area contributed by atoms with Crippen molar-refractivity contribution < 1.29 is 4.57 Å². The normalized spacial score (nSPS) is 9.85. The summed E-state index contributed by atoms with van der Waals surface area (Å²) < 4.78 is 3.45. The summed E-state index contributed by atoms with van der Waals surface area (Å²) in [5.74, 6) is 0. The van der Waals surface area contributed by atoms with Gasteiger partial charge in [0.25, 0.3) is 6.34 Å². The van der Waals surface area contributed by atoms with Crippen LogP contribution in [0.15, 0.2) is 37.2 Å². The zero-order chi connectivity index (χ0) is 9.10. The highest BCUT2D eigenvalue weighted by molar-refractivity contribution is 5.38. The fourth-order valence-electron chi connectivity index (χ4n) is 1.02. The van der Waals surface area contributed by atoms with E-state index >= 15 is 0 Å². The lowest BCUT2D eigenvalue weighted by Crippen LogP contribution is -2.31. The van der Waals surface area contributed by atoms with Crippen molar-refractivity contribution in [1.82, 2.24) is 14.8 Å². The lowest BCUT2D eigenvalue weighted by molar-refractivity contribution is -0.546. The smallest absolute Gasteiger partial charge is 0.281 e. The largest absolute Gasteiger partial charge is 0.288 e. The van der Waals surface area contributed by atoms with Crippen LogP contribution in [0.1, 0.15) is 0 Å². The summed E-state index contributed by atoms with van der Waals surface area (Å²) >= 11 is 0.